The minimum absolute atomic E-state index is 0.279. The molecule has 0 spiro atoms. The molecule has 0 aliphatic carbocycles. The maximum Gasteiger partial charge on any atom is 0.311 e. The maximum absolute atomic E-state index is 13.0. The molecule has 2 aromatic rings. The lowest BCUT2D eigenvalue weighted by atomic mass is 9.96. The van der Waals surface area contributed by atoms with Gasteiger partial charge in [0.15, 0.2) is 0 Å². The van der Waals surface area contributed by atoms with E-state index in [9.17, 15) is 14.4 Å². The molecule has 3 rings (SSSR count). The van der Waals surface area contributed by atoms with Crippen LogP contribution in [0.5, 0.6) is 23.0 Å². The zero-order valence-electron chi connectivity index (χ0n) is 30.0. The summed E-state index contributed by atoms with van der Waals surface area (Å²) in [5.74, 6) is 0.792. The molecule has 0 saturated carbocycles. The first-order valence-corrected chi connectivity index (χ1v) is 18.9. The number of carbonyl (C=O) groups is 3. The van der Waals surface area contributed by atoms with Crippen molar-refractivity contribution < 1.29 is 33.3 Å². The standard InChI is InChI=1S/C41H60O7/c1-4-6-8-10-12-14-16-18-20-22-40(43)46-35-27-28-36(37-29-25-33-24-26-34(45-32(3)42)30-38(33)47-37)39(31-35)48-41(44)23-21-19-17-15-13-11-9-7-5-2/h24,26-28,30-31,37H,4-23,25,29H2,1-3H3. The molecule has 1 heterocycles. The van der Waals surface area contributed by atoms with E-state index in [2.05, 4.69) is 13.8 Å². The molecule has 0 fully saturated rings. The lowest BCUT2D eigenvalue weighted by molar-refractivity contribution is -0.135. The van der Waals surface area contributed by atoms with E-state index in [1.165, 1.54) is 84.0 Å². The van der Waals surface area contributed by atoms with Crippen molar-refractivity contribution in [3.63, 3.8) is 0 Å². The van der Waals surface area contributed by atoms with Crippen molar-refractivity contribution >= 4 is 17.9 Å². The lowest BCUT2D eigenvalue weighted by Gasteiger charge is -2.28. The number of benzene rings is 2. The molecular formula is C41H60O7. The van der Waals surface area contributed by atoms with Crippen LogP contribution in [0.1, 0.15) is 173 Å². The van der Waals surface area contributed by atoms with Crippen molar-refractivity contribution in [3.8, 4) is 23.0 Å². The summed E-state index contributed by atoms with van der Waals surface area (Å²) < 4.78 is 23.3. The molecular weight excluding hydrogens is 604 g/mol. The number of esters is 3. The number of ether oxygens (including phenoxy) is 4. The van der Waals surface area contributed by atoms with Crippen LogP contribution >= 0.6 is 0 Å². The smallest absolute Gasteiger partial charge is 0.311 e. The minimum atomic E-state index is -0.397. The fraction of sp³-hybridized carbons (Fsp3) is 0.634. The number of rotatable bonds is 24. The second kappa shape index (κ2) is 23.1. The van der Waals surface area contributed by atoms with E-state index < -0.39 is 5.97 Å². The first-order chi connectivity index (χ1) is 23.4. The molecule has 0 amide bonds. The van der Waals surface area contributed by atoms with E-state index in [0.717, 1.165) is 56.1 Å². The highest BCUT2D eigenvalue weighted by Gasteiger charge is 2.26. The van der Waals surface area contributed by atoms with E-state index in [1.54, 1.807) is 24.3 Å². The third-order valence-electron chi connectivity index (χ3n) is 9.00. The molecule has 0 saturated heterocycles. The van der Waals surface area contributed by atoms with Gasteiger partial charge in [0.05, 0.1) is 0 Å². The Kier molecular flexibility index (Phi) is 18.8. The molecule has 48 heavy (non-hydrogen) atoms. The van der Waals surface area contributed by atoms with Crippen LogP contribution in [0.2, 0.25) is 0 Å². The van der Waals surface area contributed by atoms with Gasteiger partial charge in [-0.25, -0.2) is 0 Å². The van der Waals surface area contributed by atoms with Crippen LogP contribution in [0, 0.1) is 0 Å². The molecule has 1 aliphatic rings. The van der Waals surface area contributed by atoms with Crippen LogP contribution in [0.4, 0.5) is 0 Å². The molecule has 7 nitrogen and oxygen atoms in total. The molecule has 0 aromatic heterocycles. The third kappa shape index (κ3) is 15.3. The van der Waals surface area contributed by atoms with Gasteiger partial charge in [-0.05, 0) is 49.4 Å². The van der Waals surface area contributed by atoms with Crippen molar-refractivity contribution in [1.29, 1.82) is 0 Å². The average molecular weight is 665 g/mol. The monoisotopic (exact) mass is 664 g/mol. The Balaban J connectivity index is 1.58. The molecule has 1 aliphatic heterocycles. The predicted octanol–water partition coefficient (Wildman–Crippen LogP) is 11.3. The topological polar surface area (TPSA) is 88.1 Å². The van der Waals surface area contributed by atoms with Gasteiger partial charge in [-0.1, -0.05) is 123 Å². The maximum atomic E-state index is 13.0. The molecule has 0 radical (unpaired) electrons. The quantitative estimate of drug-likeness (QED) is 0.0627. The Bertz CT molecular complexity index is 1250. The van der Waals surface area contributed by atoms with Crippen molar-refractivity contribution in [1.82, 2.24) is 0 Å². The Morgan fingerprint density at radius 3 is 1.69 bits per heavy atom. The zero-order valence-corrected chi connectivity index (χ0v) is 30.0. The molecule has 1 atom stereocenters. The van der Waals surface area contributed by atoms with Crippen LogP contribution in [0.15, 0.2) is 36.4 Å². The van der Waals surface area contributed by atoms with Gasteiger partial charge in [0.25, 0.3) is 0 Å². The predicted molar refractivity (Wildman–Crippen MR) is 191 cm³/mol. The fourth-order valence-electron chi connectivity index (χ4n) is 6.25. The highest BCUT2D eigenvalue weighted by Crippen LogP contribution is 2.41. The Hall–Kier alpha value is -3.35. The lowest BCUT2D eigenvalue weighted by Crippen LogP contribution is -2.18. The van der Waals surface area contributed by atoms with Gasteiger partial charge in [-0.2, -0.15) is 0 Å². The largest absolute Gasteiger partial charge is 0.485 e. The van der Waals surface area contributed by atoms with Gasteiger partial charge in [0, 0.05) is 37.5 Å². The first kappa shape index (κ1) is 39.1. The van der Waals surface area contributed by atoms with Crippen LogP contribution in [-0.2, 0) is 20.8 Å². The van der Waals surface area contributed by atoms with E-state index in [1.807, 2.05) is 12.1 Å². The summed E-state index contributed by atoms with van der Waals surface area (Å²) in [6, 6.07) is 10.6. The molecule has 1 unspecified atom stereocenters. The van der Waals surface area contributed by atoms with Gasteiger partial charge < -0.3 is 18.9 Å². The number of hydrogen-bond donors (Lipinski definition) is 0. The van der Waals surface area contributed by atoms with Crippen molar-refractivity contribution in [2.45, 2.75) is 168 Å². The van der Waals surface area contributed by atoms with Gasteiger partial charge in [-0.15, -0.1) is 0 Å². The summed E-state index contributed by atoms with van der Waals surface area (Å²) in [6.07, 6.45) is 22.9. The highest BCUT2D eigenvalue weighted by molar-refractivity contribution is 5.74. The number of hydrogen-bond acceptors (Lipinski definition) is 7. The second-order valence-corrected chi connectivity index (χ2v) is 13.3. The molecule has 2 aromatic carbocycles. The normalized spacial score (nSPS) is 13.8. The van der Waals surface area contributed by atoms with Gasteiger partial charge >= 0.3 is 17.9 Å². The molecule has 266 valence electrons. The summed E-state index contributed by atoms with van der Waals surface area (Å²) in [5, 5.41) is 0. The summed E-state index contributed by atoms with van der Waals surface area (Å²) >= 11 is 0. The van der Waals surface area contributed by atoms with Crippen molar-refractivity contribution in [3.05, 3.63) is 47.5 Å². The van der Waals surface area contributed by atoms with Crippen LogP contribution in [0.25, 0.3) is 0 Å². The Morgan fingerprint density at radius 1 is 0.625 bits per heavy atom. The first-order valence-electron chi connectivity index (χ1n) is 18.9. The van der Waals surface area contributed by atoms with E-state index in [4.69, 9.17) is 18.9 Å². The average Bonchev–Trinajstić information content (AvgIpc) is 3.06. The van der Waals surface area contributed by atoms with E-state index in [0.29, 0.717) is 42.3 Å². The minimum Gasteiger partial charge on any atom is -0.485 e. The third-order valence-corrected chi connectivity index (χ3v) is 9.00. The summed E-state index contributed by atoms with van der Waals surface area (Å²) in [5.41, 5.74) is 1.74. The van der Waals surface area contributed by atoms with Crippen LogP contribution in [-0.4, -0.2) is 17.9 Å². The number of unbranched alkanes of at least 4 members (excludes halogenated alkanes) is 16. The van der Waals surface area contributed by atoms with Gasteiger partial charge in [0.2, 0.25) is 0 Å². The number of aryl methyl sites for hydroxylation is 1. The number of fused-ring (bicyclic) bond motifs is 1. The Labute approximate surface area is 289 Å². The van der Waals surface area contributed by atoms with Crippen molar-refractivity contribution in [2.75, 3.05) is 0 Å². The SMILES string of the molecule is CCCCCCCCCCCC(=O)Oc1ccc(C2CCc3ccc(OC(C)=O)cc3O2)c(OC(=O)CCCCCCCCCCC)c1. The molecule has 0 N–H and O–H groups in total. The summed E-state index contributed by atoms with van der Waals surface area (Å²) in [7, 11) is 0. The Morgan fingerprint density at radius 2 is 1.12 bits per heavy atom. The highest BCUT2D eigenvalue weighted by atomic mass is 16.6. The molecule has 0 bridgehead atoms. The van der Waals surface area contributed by atoms with Gasteiger partial charge in [-0.3, -0.25) is 14.4 Å². The van der Waals surface area contributed by atoms with Crippen LogP contribution < -0.4 is 18.9 Å². The number of carbonyl (C=O) groups excluding carboxylic acids is 3. The second-order valence-electron chi connectivity index (χ2n) is 13.3. The van der Waals surface area contributed by atoms with E-state index in [-0.39, 0.29) is 18.0 Å². The van der Waals surface area contributed by atoms with Gasteiger partial charge in [0.1, 0.15) is 29.1 Å². The van der Waals surface area contributed by atoms with Crippen molar-refractivity contribution in [2.24, 2.45) is 0 Å². The van der Waals surface area contributed by atoms with Crippen LogP contribution in [0.3, 0.4) is 0 Å². The summed E-state index contributed by atoms with van der Waals surface area (Å²) in [6.45, 7) is 5.83. The molecule has 7 heteroatoms. The summed E-state index contributed by atoms with van der Waals surface area (Å²) in [4.78, 5) is 37.2. The van der Waals surface area contributed by atoms with E-state index >= 15 is 0 Å². The zero-order chi connectivity index (χ0) is 34.4. The fourth-order valence-corrected chi connectivity index (χ4v) is 6.25.